The maximum atomic E-state index is 12.8. The number of benzene rings is 4. The Morgan fingerprint density at radius 1 is 0.641 bits per heavy atom. The molecule has 1 heterocycles. The summed E-state index contributed by atoms with van der Waals surface area (Å²) < 4.78 is 0. The monoisotopic (exact) mass is 531 g/mol. The summed E-state index contributed by atoms with van der Waals surface area (Å²) in [6, 6.07) is 42.7. The fraction of sp³-hybridized carbons (Fsp3) is 0.147. The molecule has 0 aliphatic heterocycles. The number of hydrogen-bond donors (Lipinski definition) is 1. The van der Waals surface area contributed by atoms with E-state index in [9.17, 15) is 4.79 Å². The van der Waals surface area contributed by atoms with E-state index < -0.39 is 7.26 Å². The van der Waals surface area contributed by atoms with Gasteiger partial charge in [-0.1, -0.05) is 18.2 Å². The number of nitrogens with zero attached hydrogens (tertiary/aromatic N) is 2. The van der Waals surface area contributed by atoms with Crippen molar-refractivity contribution in [3.05, 3.63) is 139 Å². The predicted octanol–water partition coefficient (Wildman–Crippen LogP) is 6.85. The van der Waals surface area contributed by atoms with Gasteiger partial charge in [0.25, 0.3) is 0 Å². The van der Waals surface area contributed by atoms with E-state index in [1.807, 2.05) is 30.3 Å². The van der Waals surface area contributed by atoms with Gasteiger partial charge in [0.05, 0.1) is 0 Å². The van der Waals surface area contributed by atoms with Crippen LogP contribution in [0.3, 0.4) is 0 Å². The normalized spacial score (nSPS) is 11.6. The van der Waals surface area contributed by atoms with E-state index in [1.165, 1.54) is 16.2 Å². The van der Waals surface area contributed by atoms with E-state index in [0.717, 1.165) is 36.4 Å². The molecule has 0 aliphatic carbocycles. The van der Waals surface area contributed by atoms with Crippen LogP contribution in [0, 0.1) is 0 Å². The Morgan fingerprint density at radius 3 is 1.77 bits per heavy atom. The number of carbonyl (C=O) groups is 1. The third kappa shape index (κ3) is 6.85. The SMILES string of the molecule is O=C(CCCC[PH](Cc1ccccc1)(c1ccccc1)c1ccccc1)Nc1cnc(-c2ccccc2)cn1. The summed E-state index contributed by atoms with van der Waals surface area (Å²) in [5, 5.41) is 5.81. The van der Waals surface area contributed by atoms with Crippen LogP contribution in [-0.2, 0) is 11.0 Å². The molecule has 0 bridgehead atoms. The first kappa shape index (κ1) is 26.5. The molecule has 1 aromatic heterocycles. The van der Waals surface area contributed by atoms with Crippen LogP contribution in [0.25, 0.3) is 11.3 Å². The first-order chi connectivity index (χ1) is 19.2. The van der Waals surface area contributed by atoms with Gasteiger partial charge in [0.15, 0.2) is 0 Å². The van der Waals surface area contributed by atoms with Crippen molar-refractivity contribution in [1.82, 2.24) is 9.97 Å². The Kier molecular flexibility index (Phi) is 8.88. The van der Waals surface area contributed by atoms with Crippen molar-refractivity contribution in [1.29, 1.82) is 0 Å². The summed E-state index contributed by atoms with van der Waals surface area (Å²) in [5.74, 6) is 0.465. The van der Waals surface area contributed by atoms with Crippen LogP contribution in [0.2, 0.25) is 0 Å². The molecule has 0 atom stereocenters. The topological polar surface area (TPSA) is 54.9 Å². The number of aromatic nitrogens is 2. The van der Waals surface area contributed by atoms with Crippen molar-refractivity contribution in [2.24, 2.45) is 0 Å². The number of amides is 1. The van der Waals surface area contributed by atoms with Gasteiger partial charge in [-0.05, 0) is 0 Å². The molecule has 4 aromatic carbocycles. The molecule has 1 N–H and O–H groups in total. The van der Waals surface area contributed by atoms with Crippen LogP contribution in [-0.4, -0.2) is 22.0 Å². The quantitative estimate of drug-likeness (QED) is 0.150. The van der Waals surface area contributed by atoms with Crippen molar-refractivity contribution >= 4 is 29.6 Å². The van der Waals surface area contributed by atoms with Gasteiger partial charge in [0.1, 0.15) is 0 Å². The molecule has 196 valence electrons. The maximum absolute atomic E-state index is 12.8. The van der Waals surface area contributed by atoms with Crippen LogP contribution in [0.4, 0.5) is 5.82 Å². The summed E-state index contributed by atoms with van der Waals surface area (Å²) in [5.41, 5.74) is 3.16. The molecule has 0 unspecified atom stereocenters. The van der Waals surface area contributed by atoms with E-state index in [2.05, 4.69) is 106 Å². The molecular weight excluding hydrogens is 497 g/mol. The zero-order chi connectivity index (χ0) is 26.8. The molecule has 39 heavy (non-hydrogen) atoms. The van der Waals surface area contributed by atoms with Crippen molar-refractivity contribution in [3.8, 4) is 11.3 Å². The molecule has 5 heteroatoms. The number of hydrogen-bond acceptors (Lipinski definition) is 3. The second-order valence-electron chi connectivity index (χ2n) is 9.88. The van der Waals surface area contributed by atoms with E-state index in [-0.39, 0.29) is 5.91 Å². The standard InChI is InChI=1S/C34H34N3OP/c38-34(37-33-26-35-32(25-36-33)29-17-7-2-8-18-29)23-13-14-24-39(30-19-9-3-10-20-30,31-21-11-4-12-22-31)27-28-15-5-1-6-16-28/h1-12,15-22,25-26,39H,13-14,23-24,27H2,(H,36,37,38). The Hall–Kier alpha value is -4.14. The summed E-state index contributed by atoms with van der Waals surface area (Å²) in [6.45, 7) is 0. The Balaban J connectivity index is 1.26. The van der Waals surface area contributed by atoms with Crippen LogP contribution in [0.15, 0.2) is 134 Å². The van der Waals surface area contributed by atoms with Crippen LogP contribution < -0.4 is 15.9 Å². The van der Waals surface area contributed by atoms with Crippen molar-refractivity contribution in [2.75, 3.05) is 11.5 Å². The number of rotatable bonds is 11. The molecule has 0 saturated carbocycles. The van der Waals surface area contributed by atoms with E-state index in [0.29, 0.717) is 12.2 Å². The van der Waals surface area contributed by atoms with Gasteiger partial charge in [-0.2, -0.15) is 0 Å². The fourth-order valence-corrected chi connectivity index (χ4v) is 10.2. The van der Waals surface area contributed by atoms with Gasteiger partial charge in [0.2, 0.25) is 0 Å². The molecule has 5 aromatic rings. The van der Waals surface area contributed by atoms with E-state index in [4.69, 9.17) is 0 Å². The van der Waals surface area contributed by atoms with Gasteiger partial charge in [-0.25, -0.2) is 0 Å². The molecule has 0 radical (unpaired) electrons. The average Bonchev–Trinajstić information content (AvgIpc) is 3.01. The fourth-order valence-electron chi connectivity index (χ4n) is 5.27. The van der Waals surface area contributed by atoms with Crippen molar-refractivity contribution in [3.63, 3.8) is 0 Å². The summed E-state index contributed by atoms with van der Waals surface area (Å²) in [7, 11) is -2.13. The Labute approximate surface area is 231 Å². The zero-order valence-corrected chi connectivity index (χ0v) is 23.0. The Morgan fingerprint density at radius 2 is 1.21 bits per heavy atom. The van der Waals surface area contributed by atoms with Gasteiger partial charge >= 0.3 is 214 Å². The minimum atomic E-state index is -2.13. The summed E-state index contributed by atoms with van der Waals surface area (Å²) in [6.07, 6.45) is 7.71. The minimum absolute atomic E-state index is 0.0218. The number of anilines is 1. The third-order valence-corrected chi connectivity index (χ3v) is 12.3. The second-order valence-corrected chi connectivity index (χ2v) is 14.1. The number of carbonyl (C=O) groups excluding carboxylic acids is 1. The predicted molar refractivity (Wildman–Crippen MR) is 165 cm³/mol. The third-order valence-electron chi connectivity index (χ3n) is 7.25. The van der Waals surface area contributed by atoms with Crippen molar-refractivity contribution < 1.29 is 4.79 Å². The van der Waals surface area contributed by atoms with Crippen molar-refractivity contribution in [2.45, 2.75) is 25.4 Å². The van der Waals surface area contributed by atoms with Gasteiger partial charge in [-0.3, -0.25) is 0 Å². The van der Waals surface area contributed by atoms with Gasteiger partial charge in [0, 0.05) is 0 Å². The van der Waals surface area contributed by atoms with E-state index in [1.54, 1.807) is 12.4 Å². The Bertz CT molecular complexity index is 1410. The molecule has 4 nitrogen and oxygen atoms in total. The van der Waals surface area contributed by atoms with Gasteiger partial charge < -0.3 is 0 Å². The van der Waals surface area contributed by atoms with Crippen LogP contribution in [0.1, 0.15) is 24.8 Å². The number of unbranched alkanes of at least 4 members (excludes halogenated alkanes) is 1. The summed E-state index contributed by atoms with van der Waals surface area (Å²) in [4.78, 5) is 21.6. The van der Waals surface area contributed by atoms with Crippen LogP contribution >= 0.6 is 7.26 Å². The molecule has 0 aliphatic rings. The molecule has 0 spiro atoms. The average molecular weight is 532 g/mol. The number of nitrogens with one attached hydrogen (secondary N) is 1. The molecule has 1 amide bonds. The van der Waals surface area contributed by atoms with Gasteiger partial charge in [-0.15, -0.1) is 0 Å². The summed E-state index contributed by atoms with van der Waals surface area (Å²) >= 11 is 0. The molecule has 0 saturated heterocycles. The van der Waals surface area contributed by atoms with Crippen LogP contribution in [0.5, 0.6) is 0 Å². The first-order valence-corrected chi connectivity index (χ1v) is 16.0. The first-order valence-electron chi connectivity index (χ1n) is 13.6. The molecule has 5 rings (SSSR count). The molecule has 0 fully saturated rings. The second kappa shape index (κ2) is 13.1. The molecular formula is C34H34N3OP. The zero-order valence-electron chi connectivity index (χ0n) is 22.0. The van der Waals surface area contributed by atoms with E-state index >= 15 is 0 Å².